The second-order valence-corrected chi connectivity index (χ2v) is 6.97. The zero-order chi connectivity index (χ0) is 16.7. The number of hydrogen-bond acceptors (Lipinski definition) is 3. The molecule has 2 aromatic heterocycles. The van der Waals surface area contributed by atoms with E-state index >= 15 is 0 Å². The number of aromatic nitrogens is 3. The van der Waals surface area contributed by atoms with Crippen LogP contribution >= 0.6 is 11.3 Å². The summed E-state index contributed by atoms with van der Waals surface area (Å²) in [5.74, 6) is -0.256. The molecule has 120 valence electrons. The lowest BCUT2D eigenvalue weighted by Crippen LogP contribution is -2.17. The van der Waals surface area contributed by atoms with Gasteiger partial charge in [0.1, 0.15) is 5.69 Å². The van der Waals surface area contributed by atoms with E-state index in [1.165, 1.54) is 15.8 Å². The van der Waals surface area contributed by atoms with Crippen LogP contribution in [0, 0.1) is 13.8 Å². The molecular weight excluding hydrogens is 308 g/mol. The molecule has 0 atom stereocenters. The first kappa shape index (κ1) is 15.7. The second-order valence-electron chi connectivity index (χ2n) is 5.99. The molecule has 1 aromatic carbocycles. The number of fused-ring (bicyclic) bond motifs is 1. The van der Waals surface area contributed by atoms with Crippen molar-refractivity contribution in [3.05, 3.63) is 46.0 Å². The Hall–Kier alpha value is -2.21. The molecule has 0 aliphatic rings. The molecule has 0 N–H and O–H groups in total. The highest BCUT2D eigenvalue weighted by Gasteiger charge is 2.15. The van der Waals surface area contributed by atoms with E-state index in [0.29, 0.717) is 10.5 Å². The summed E-state index contributed by atoms with van der Waals surface area (Å²) in [7, 11) is 1.96. The number of carbonyl (C=O) groups excluding carboxylic acids is 1. The number of benzene rings is 1. The molecule has 0 unspecified atom stereocenters. The maximum Gasteiger partial charge on any atom is 0.297 e. The van der Waals surface area contributed by atoms with Crippen LogP contribution in [0.25, 0.3) is 10.2 Å². The van der Waals surface area contributed by atoms with Crippen molar-refractivity contribution >= 4 is 27.5 Å². The summed E-state index contributed by atoms with van der Waals surface area (Å²) < 4.78 is 4.88. The Balaban J connectivity index is 2.17. The quantitative estimate of drug-likeness (QED) is 0.724. The third-order valence-corrected chi connectivity index (χ3v) is 5.19. The monoisotopic (exact) mass is 328 g/mol. The molecule has 3 aromatic rings. The molecule has 0 spiro atoms. The smallest absolute Gasteiger partial charge is 0.297 e. The SMILES string of the molecule is Cc1ccc(C)c2c1sc(=NC(=O)c1ccnn1C(C)C)n2C. The fourth-order valence-electron chi connectivity index (χ4n) is 2.71. The maximum absolute atomic E-state index is 12.6. The Kier molecular flexibility index (Phi) is 3.93. The largest absolute Gasteiger partial charge is 0.319 e. The number of aryl methyl sites for hydroxylation is 3. The van der Waals surface area contributed by atoms with E-state index in [1.807, 2.05) is 25.5 Å². The summed E-state index contributed by atoms with van der Waals surface area (Å²) in [6.45, 7) is 8.15. The highest BCUT2D eigenvalue weighted by atomic mass is 32.1. The van der Waals surface area contributed by atoms with Gasteiger partial charge in [0.05, 0.1) is 10.2 Å². The van der Waals surface area contributed by atoms with Crippen LogP contribution in [0.3, 0.4) is 0 Å². The zero-order valence-corrected chi connectivity index (χ0v) is 14.8. The van der Waals surface area contributed by atoms with Crippen molar-refractivity contribution in [2.45, 2.75) is 33.7 Å². The minimum absolute atomic E-state index is 0.125. The van der Waals surface area contributed by atoms with E-state index in [-0.39, 0.29) is 11.9 Å². The highest BCUT2D eigenvalue weighted by Crippen LogP contribution is 2.24. The van der Waals surface area contributed by atoms with Crippen LogP contribution in [-0.4, -0.2) is 20.3 Å². The van der Waals surface area contributed by atoms with E-state index in [4.69, 9.17) is 0 Å². The third kappa shape index (κ3) is 2.63. The Morgan fingerprint density at radius 3 is 2.57 bits per heavy atom. The van der Waals surface area contributed by atoms with Gasteiger partial charge < -0.3 is 4.57 Å². The van der Waals surface area contributed by atoms with Crippen LogP contribution in [0.5, 0.6) is 0 Å². The minimum atomic E-state index is -0.256. The van der Waals surface area contributed by atoms with Crippen LogP contribution in [0.4, 0.5) is 0 Å². The summed E-state index contributed by atoms with van der Waals surface area (Å²) in [4.78, 5) is 17.6. The minimum Gasteiger partial charge on any atom is -0.319 e. The van der Waals surface area contributed by atoms with E-state index in [2.05, 4.69) is 36.1 Å². The molecule has 0 aliphatic carbocycles. The number of amides is 1. The Bertz CT molecular complexity index is 959. The Morgan fingerprint density at radius 1 is 1.22 bits per heavy atom. The van der Waals surface area contributed by atoms with Gasteiger partial charge in [-0.15, -0.1) is 0 Å². The number of hydrogen-bond donors (Lipinski definition) is 0. The average molecular weight is 328 g/mol. The highest BCUT2D eigenvalue weighted by molar-refractivity contribution is 7.16. The summed E-state index contributed by atoms with van der Waals surface area (Å²) in [6.07, 6.45) is 1.64. The lowest BCUT2D eigenvalue weighted by Gasteiger charge is -2.07. The van der Waals surface area contributed by atoms with E-state index in [9.17, 15) is 4.79 Å². The van der Waals surface area contributed by atoms with Gasteiger partial charge >= 0.3 is 0 Å². The van der Waals surface area contributed by atoms with Crippen molar-refractivity contribution in [1.82, 2.24) is 14.3 Å². The normalized spacial score (nSPS) is 12.5. The van der Waals surface area contributed by atoms with Gasteiger partial charge in [0, 0.05) is 19.3 Å². The molecule has 23 heavy (non-hydrogen) atoms. The van der Waals surface area contributed by atoms with Gasteiger partial charge in [-0.05, 0) is 44.9 Å². The van der Waals surface area contributed by atoms with E-state index in [0.717, 1.165) is 5.52 Å². The lowest BCUT2D eigenvalue weighted by atomic mass is 10.1. The van der Waals surface area contributed by atoms with Crippen LogP contribution in [-0.2, 0) is 7.05 Å². The van der Waals surface area contributed by atoms with Gasteiger partial charge in [-0.3, -0.25) is 9.48 Å². The van der Waals surface area contributed by atoms with Crippen molar-refractivity contribution in [2.75, 3.05) is 0 Å². The number of carbonyl (C=O) groups is 1. The number of nitrogens with zero attached hydrogens (tertiary/aromatic N) is 4. The predicted molar refractivity (Wildman–Crippen MR) is 92.8 cm³/mol. The van der Waals surface area contributed by atoms with Crippen molar-refractivity contribution in [3.63, 3.8) is 0 Å². The second kappa shape index (κ2) is 5.77. The van der Waals surface area contributed by atoms with Crippen molar-refractivity contribution in [3.8, 4) is 0 Å². The standard InChI is InChI=1S/C17H20N4OS/c1-10(2)21-13(8-9-18-21)16(22)19-17-20(5)14-11(3)6-7-12(4)15(14)23-17/h6-10H,1-5H3. The van der Waals surface area contributed by atoms with Crippen LogP contribution in [0.15, 0.2) is 29.4 Å². The van der Waals surface area contributed by atoms with E-state index < -0.39 is 0 Å². The molecule has 3 rings (SSSR count). The molecule has 6 heteroatoms. The first-order chi connectivity index (χ1) is 10.9. The fourth-order valence-corrected chi connectivity index (χ4v) is 3.87. The molecule has 0 saturated heterocycles. The molecule has 0 bridgehead atoms. The Morgan fingerprint density at radius 2 is 1.91 bits per heavy atom. The van der Waals surface area contributed by atoms with Gasteiger partial charge in [0.25, 0.3) is 5.91 Å². The molecule has 0 aliphatic heterocycles. The zero-order valence-electron chi connectivity index (χ0n) is 14.0. The van der Waals surface area contributed by atoms with Gasteiger partial charge in [-0.25, -0.2) is 0 Å². The summed E-state index contributed by atoms with van der Waals surface area (Å²) >= 11 is 1.55. The van der Waals surface area contributed by atoms with Gasteiger partial charge in [-0.2, -0.15) is 10.1 Å². The number of rotatable bonds is 2. The van der Waals surface area contributed by atoms with Crippen molar-refractivity contribution in [2.24, 2.45) is 12.0 Å². The molecule has 0 radical (unpaired) electrons. The van der Waals surface area contributed by atoms with Gasteiger partial charge in [0.2, 0.25) is 0 Å². The molecule has 0 saturated carbocycles. The van der Waals surface area contributed by atoms with Crippen molar-refractivity contribution in [1.29, 1.82) is 0 Å². The molecular formula is C17H20N4OS. The molecule has 1 amide bonds. The molecule has 0 fully saturated rings. The first-order valence-electron chi connectivity index (χ1n) is 7.58. The van der Waals surface area contributed by atoms with E-state index in [1.54, 1.807) is 28.3 Å². The van der Waals surface area contributed by atoms with Crippen LogP contribution < -0.4 is 4.80 Å². The topological polar surface area (TPSA) is 52.2 Å². The average Bonchev–Trinajstić information content (AvgIpc) is 3.10. The summed E-state index contributed by atoms with van der Waals surface area (Å²) in [5.41, 5.74) is 4.04. The van der Waals surface area contributed by atoms with Crippen LogP contribution in [0.1, 0.15) is 41.5 Å². The summed E-state index contributed by atoms with van der Waals surface area (Å²) in [6, 6.07) is 6.05. The van der Waals surface area contributed by atoms with Crippen LogP contribution in [0.2, 0.25) is 0 Å². The molecule has 5 nitrogen and oxygen atoms in total. The first-order valence-corrected chi connectivity index (χ1v) is 8.40. The third-order valence-electron chi connectivity index (χ3n) is 3.92. The molecule has 2 heterocycles. The van der Waals surface area contributed by atoms with Gasteiger partial charge in [-0.1, -0.05) is 23.5 Å². The number of thiazole rings is 1. The fraction of sp³-hybridized carbons (Fsp3) is 0.353. The Labute approximate surface area is 138 Å². The maximum atomic E-state index is 12.6. The van der Waals surface area contributed by atoms with Crippen molar-refractivity contribution < 1.29 is 4.79 Å². The predicted octanol–water partition coefficient (Wildman–Crippen LogP) is 3.38. The summed E-state index contributed by atoms with van der Waals surface area (Å²) in [5, 5.41) is 4.20. The lowest BCUT2D eigenvalue weighted by molar-refractivity contribution is 0.0986. The van der Waals surface area contributed by atoms with Gasteiger partial charge in [0.15, 0.2) is 4.80 Å².